The van der Waals surface area contributed by atoms with Crippen LogP contribution in [0.3, 0.4) is 0 Å². The molecule has 0 saturated heterocycles. The number of carbonyl (C=O) groups is 5. The number of ether oxygens (including phenoxy) is 1. The van der Waals surface area contributed by atoms with Crippen LogP contribution in [0.15, 0.2) is 53.6 Å². The van der Waals surface area contributed by atoms with Gasteiger partial charge in [0.1, 0.15) is 28.5 Å². The molecule has 14 nitrogen and oxygen atoms in total. The fourth-order valence-electron chi connectivity index (χ4n) is 9.75. The van der Waals surface area contributed by atoms with Crippen LogP contribution in [0.25, 0.3) is 0 Å². The first-order chi connectivity index (χ1) is 23.3. The number of esters is 1. The lowest BCUT2D eigenvalue weighted by atomic mass is 9.37. The number of rotatable bonds is 11. The van der Waals surface area contributed by atoms with E-state index in [-0.39, 0.29) is 30.4 Å². The number of carboxylic acids is 3. The highest BCUT2D eigenvalue weighted by Gasteiger charge is 2.79. The molecule has 1 aromatic rings. The van der Waals surface area contributed by atoms with Crippen LogP contribution in [0, 0.1) is 16.7 Å². The van der Waals surface area contributed by atoms with Gasteiger partial charge in [-0.2, -0.15) is 0 Å². The molecule has 14 heteroatoms. The van der Waals surface area contributed by atoms with Crippen molar-refractivity contribution in [3.8, 4) is 0 Å². The third-order valence-electron chi connectivity index (χ3n) is 12.1. The maximum atomic E-state index is 13.7. The number of carboxylic acid groups (broad SMARTS) is 3. The number of benzene rings is 1. The first kappa shape index (κ1) is 39.8. The van der Waals surface area contributed by atoms with Crippen LogP contribution in [0.5, 0.6) is 0 Å². The second-order valence-electron chi connectivity index (χ2n) is 15.5. The number of hydrogen-bond donors (Lipinski definition) is 7. The van der Waals surface area contributed by atoms with Crippen molar-refractivity contribution in [2.45, 2.75) is 107 Å². The second kappa shape index (κ2) is 13.2. The SMILES string of the molecule is C=C1[C@@H](OC(=O)CC(c2ccccc2)N(C)C)CC[C@]2(C)[C@@H]1[C@@](O)(CC(=O)O)[C@]1(O)CC(=O)C(C)=C(C1(C)C)[C@](O)(CC(=O)O)[C@@]2(O)CC(=O)O. The number of Topliss-reactive ketones (excluding diaryl/α,β-unsaturated/α-hetero) is 1. The van der Waals surface area contributed by atoms with Crippen LogP contribution in [0.2, 0.25) is 0 Å². The molecule has 0 aliphatic heterocycles. The standard InChI is InChI=1S/C37H49NO13/c1-20-24(39)16-36(49)32(3,4)30(20)34(47,17-26(40)41)37(50,19-28(44)45)33(5)14-13-25(21(2)31(33)35(36,48)18-27(42)43)51-29(46)15-23(38(6)7)22-11-9-8-10-12-22/h8-12,23,25,31,47-50H,2,13-19H2,1,3-7H3,(H,40,41)(H,42,43)(H,44,45)/t23?,25-,31+,33+,34+,35-,36-,37+/m0/s1. The lowest BCUT2D eigenvalue weighted by Gasteiger charge is -2.70. The average Bonchev–Trinajstić information content (AvgIpc) is 2.99. The summed E-state index contributed by atoms with van der Waals surface area (Å²) in [6.45, 7) is 9.10. The highest BCUT2D eigenvalue weighted by molar-refractivity contribution is 5.99. The van der Waals surface area contributed by atoms with Crippen LogP contribution in [-0.4, -0.2) is 113 Å². The number of ketones is 1. The van der Waals surface area contributed by atoms with Gasteiger partial charge in [-0.3, -0.25) is 24.0 Å². The third-order valence-corrected chi connectivity index (χ3v) is 12.1. The molecular weight excluding hydrogens is 666 g/mol. The Bertz CT molecular complexity index is 1670. The molecule has 1 unspecified atom stereocenters. The van der Waals surface area contributed by atoms with Gasteiger partial charge < -0.3 is 45.4 Å². The number of aliphatic hydroxyl groups is 4. The molecule has 7 N–H and O–H groups in total. The molecule has 51 heavy (non-hydrogen) atoms. The van der Waals surface area contributed by atoms with E-state index in [2.05, 4.69) is 6.58 Å². The molecule has 4 rings (SSSR count). The van der Waals surface area contributed by atoms with Crippen molar-refractivity contribution in [3.05, 3.63) is 59.2 Å². The van der Waals surface area contributed by atoms with Gasteiger partial charge in [0, 0.05) is 29.2 Å². The van der Waals surface area contributed by atoms with Crippen molar-refractivity contribution >= 4 is 29.7 Å². The summed E-state index contributed by atoms with van der Waals surface area (Å²) >= 11 is 0. The molecule has 2 saturated carbocycles. The molecule has 2 fully saturated rings. The normalized spacial score (nSPS) is 35.4. The van der Waals surface area contributed by atoms with Crippen molar-refractivity contribution in [1.82, 2.24) is 4.90 Å². The average molecular weight is 716 g/mol. The minimum absolute atomic E-state index is 0.150. The highest BCUT2D eigenvalue weighted by atomic mass is 16.5. The Hall–Kier alpha value is -3.95. The van der Waals surface area contributed by atoms with Crippen LogP contribution in [0.4, 0.5) is 0 Å². The zero-order valence-electron chi connectivity index (χ0n) is 29.8. The predicted octanol–water partition coefficient (Wildman–Crippen LogP) is 2.24. The minimum Gasteiger partial charge on any atom is -0.481 e. The minimum atomic E-state index is -3.08. The summed E-state index contributed by atoms with van der Waals surface area (Å²) in [5.41, 5.74) is -16.3. The Kier molecular flexibility index (Phi) is 10.3. The highest BCUT2D eigenvalue weighted by Crippen LogP contribution is 2.70. The second-order valence-corrected chi connectivity index (χ2v) is 15.5. The van der Waals surface area contributed by atoms with Crippen molar-refractivity contribution in [1.29, 1.82) is 0 Å². The van der Waals surface area contributed by atoms with E-state index < -0.39 is 112 Å². The Morgan fingerprint density at radius 1 is 0.922 bits per heavy atom. The maximum absolute atomic E-state index is 13.7. The summed E-state index contributed by atoms with van der Waals surface area (Å²) in [6.07, 6.45) is -6.79. The van der Waals surface area contributed by atoms with E-state index in [1.807, 2.05) is 35.2 Å². The monoisotopic (exact) mass is 715 g/mol. The zero-order chi connectivity index (χ0) is 38.7. The molecule has 0 aromatic heterocycles. The number of nitrogens with zero attached hydrogens (tertiary/aromatic N) is 1. The van der Waals surface area contributed by atoms with E-state index in [1.54, 1.807) is 14.1 Å². The zero-order valence-corrected chi connectivity index (χ0v) is 29.8. The van der Waals surface area contributed by atoms with Crippen molar-refractivity contribution in [2.24, 2.45) is 16.7 Å². The van der Waals surface area contributed by atoms with Gasteiger partial charge in [0.2, 0.25) is 0 Å². The number of hydrogen-bond acceptors (Lipinski definition) is 11. The van der Waals surface area contributed by atoms with E-state index in [4.69, 9.17) is 4.74 Å². The number of allylic oxidation sites excluding steroid dienone is 1. The van der Waals surface area contributed by atoms with Gasteiger partial charge in [-0.1, -0.05) is 57.7 Å². The molecule has 280 valence electrons. The first-order valence-electron chi connectivity index (χ1n) is 16.7. The summed E-state index contributed by atoms with van der Waals surface area (Å²) in [4.78, 5) is 66.9. The van der Waals surface area contributed by atoms with Gasteiger partial charge >= 0.3 is 23.9 Å². The van der Waals surface area contributed by atoms with Gasteiger partial charge in [0.05, 0.1) is 25.7 Å². The molecule has 0 spiro atoms. The fourth-order valence-corrected chi connectivity index (χ4v) is 9.75. The number of aliphatic carboxylic acids is 3. The molecule has 0 amide bonds. The number of fused-ring (bicyclic) bond motifs is 3. The summed E-state index contributed by atoms with van der Waals surface area (Å²) in [5.74, 6) is -8.52. The molecule has 0 radical (unpaired) electrons. The topological polar surface area (TPSA) is 239 Å². The first-order valence-corrected chi connectivity index (χ1v) is 16.7. The summed E-state index contributed by atoms with van der Waals surface area (Å²) in [7, 11) is 3.55. The van der Waals surface area contributed by atoms with Crippen molar-refractivity contribution in [3.63, 3.8) is 0 Å². The Morgan fingerprint density at radius 3 is 1.98 bits per heavy atom. The van der Waals surface area contributed by atoms with E-state index in [1.165, 1.54) is 27.7 Å². The van der Waals surface area contributed by atoms with Crippen molar-refractivity contribution in [2.75, 3.05) is 14.1 Å². The lowest BCUT2D eigenvalue weighted by Crippen LogP contribution is -2.81. The van der Waals surface area contributed by atoms with Gasteiger partial charge in [-0.25, -0.2) is 0 Å². The van der Waals surface area contributed by atoms with Gasteiger partial charge in [0.25, 0.3) is 0 Å². The summed E-state index contributed by atoms with van der Waals surface area (Å²) in [5, 5.41) is 82.0. The van der Waals surface area contributed by atoms with Crippen LogP contribution in [0.1, 0.15) is 84.2 Å². The van der Waals surface area contributed by atoms with E-state index in [9.17, 15) is 59.7 Å². The maximum Gasteiger partial charge on any atom is 0.308 e. The van der Waals surface area contributed by atoms with Crippen LogP contribution in [-0.2, 0) is 28.7 Å². The number of carbonyl (C=O) groups excluding carboxylic acids is 2. The van der Waals surface area contributed by atoms with E-state index in [0.717, 1.165) is 5.56 Å². The predicted molar refractivity (Wildman–Crippen MR) is 180 cm³/mol. The summed E-state index contributed by atoms with van der Waals surface area (Å²) < 4.78 is 5.93. The van der Waals surface area contributed by atoms with Crippen LogP contribution >= 0.6 is 0 Å². The molecule has 8 atom stereocenters. The summed E-state index contributed by atoms with van der Waals surface area (Å²) in [6, 6.07) is 8.69. The fraction of sp³-hybridized carbons (Fsp3) is 0.595. The molecule has 2 bridgehead atoms. The Labute approximate surface area is 296 Å². The largest absolute Gasteiger partial charge is 0.481 e. The smallest absolute Gasteiger partial charge is 0.308 e. The molecular formula is C37H49NO13. The Morgan fingerprint density at radius 2 is 1.47 bits per heavy atom. The van der Waals surface area contributed by atoms with Gasteiger partial charge in [-0.05, 0) is 56.1 Å². The van der Waals surface area contributed by atoms with Gasteiger partial charge in [0.15, 0.2) is 5.78 Å². The Balaban J connectivity index is 2.01. The van der Waals surface area contributed by atoms with E-state index >= 15 is 0 Å². The van der Waals surface area contributed by atoms with Crippen LogP contribution < -0.4 is 0 Å². The van der Waals surface area contributed by atoms with E-state index in [0.29, 0.717) is 0 Å². The molecule has 0 heterocycles. The third kappa shape index (κ3) is 6.00. The van der Waals surface area contributed by atoms with Crippen molar-refractivity contribution < 1.29 is 64.5 Å². The molecule has 3 aliphatic rings. The van der Waals surface area contributed by atoms with Gasteiger partial charge in [-0.15, -0.1) is 0 Å². The molecule has 1 aromatic carbocycles. The molecule has 3 aliphatic carbocycles. The lowest BCUT2D eigenvalue weighted by molar-refractivity contribution is -0.308. The quantitative estimate of drug-likeness (QED) is 0.129.